The molecular weight excluding hydrogens is 162 g/mol. The van der Waals surface area contributed by atoms with Crippen molar-refractivity contribution in [3.8, 4) is 0 Å². The van der Waals surface area contributed by atoms with Crippen LogP contribution >= 0.6 is 0 Å². The lowest BCUT2D eigenvalue weighted by Crippen LogP contribution is -2.35. The number of aliphatic hydroxyl groups excluding tert-OH is 1. The lowest BCUT2D eigenvalue weighted by molar-refractivity contribution is -0.192. The molecule has 0 aliphatic carbocycles. The molecule has 70 valence electrons. The fourth-order valence-electron chi connectivity index (χ4n) is 0.610. The molecule has 0 saturated heterocycles. The first-order valence-corrected chi connectivity index (χ1v) is 3.30. The Labute approximate surface area is 70.8 Å². The zero-order valence-electron chi connectivity index (χ0n) is 7.11. The highest BCUT2D eigenvalue weighted by Gasteiger charge is 2.24. The number of carbonyl (C=O) groups is 1. The topological polar surface area (TPSA) is 81.8 Å². The zero-order valence-corrected chi connectivity index (χ0v) is 7.11. The number of ether oxygens (including phenoxy) is 2. The number of carbonyl (C=O) groups excluding carboxylic acids is 1. The van der Waals surface area contributed by atoms with Crippen LogP contribution < -0.4 is 5.73 Å². The monoisotopic (exact) mass is 175 g/mol. The number of hydrogen-bond donors (Lipinski definition) is 2. The van der Waals surface area contributed by atoms with Crippen LogP contribution in [0.1, 0.15) is 0 Å². The van der Waals surface area contributed by atoms with E-state index in [4.69, 9.17) is 20.3 Å². The van der Waals surface area contributed by atoms with Gasteiger partial charge >= 0.3 is 0 Å². The summed E-state index contributed by atoms with van der Waals surface area (Å²) in [5.41, 5.74) is 4.85. The van der Waals surface area contributed by atoms with Gasteiger partial charge in [0.1, 0.15) is 6.61 Å². The number of aliphatic hydroxyl groups is 1. The van der Waals surface area contributed by atoms with E-state index >= 15 is 0 Å². The standard InChI is InChI=1S/C7H13NO4/c1-11-7(5-9,12-2)4-3-6(8)10/h3-4,9H,5H2,1-2H3,(H2,8,10). The first kappa shape index (κ1) is 11.1. The highest BCUT2D eigenvalue weighted by molar-refractivity contribution is 5.85. The predicted molar refractivity (Wildman–Crippen MR) is 42.2 cm³/mol. The molecule has 0 heterocycles. The van der Waals surface area contributed by atoms with Crippen LogP contribution in [0.4, 0.5) is 0 Å². The summed E-state index contributed by atoms with van der Waals surface area (Å²) in [6.45, 7) is -0.385. The first-order valence-electron chi connectivity index (χ1n) is 3.30. The third-order valence-corrected chi connectivity index (χ3v) is 1.41. The Balaban J connectivity index is 4.39. The largest absolute Gasteiger partial charge is 0.390 e. The molecule has 0 aliphatic heterocycles. The summed E-state index contributed by atoms with van der Waals surface area (Å²) in [4.78, 5) is 10.3. The summed E-state index contributed by atoms with van der Waals surface area (Å²) >= 11 is 0. The normalized spacial score (nSPS) is 12.2. The van der Waals surface area contributed by atoms with E-state index in [1.54, 1.807) is 0 Å². The van der Waals surface area contributed by atoms with Crippen molar-refractivity contribution in [2.45, 2.75) is 5.79 Å². The average Bonchev–Trinajstić information content (AvgIpc) is 2.08. The smallest absolute Gasteiger partial charge is 0.241 e. The maximum Gasteiger partial charge on any atom is 0.241 e. The molecule has 0 aromatic rings. The van der Waals surface area contributed by atoms with Gasteiger partial charge in [-0.1, -0.05) is 0 Å². The van der Waals surface area contributed by atoms with E-state index in [0.717, 1.165) is 6.08 Å². The molecular formula is C7H13NO4. The van der Waals surface area contributed by atoms with Crippen molar-refractivity contribution in [2.24, 2.45) is 5.73 Å². The highest BCUT2D eigenvalue weighted by Crippen LogP contribution is 2.11. The Morgan fingerprint density at radius 3 is 2.33 bits per heavy atom. The molecule has 0 spiro atoms. The molecule has 3 N–H and O–H groups in total. The van der Waals surface area contributed by atoms with E-state index in [-0.39, 0.29) is 6.61 Å². The van der Waals surface area contributed by atoms with Crippen molar-refractivity contribution in [2.75, 3.05) is 20.8 Å². The Morgan fingerprint density at radius 1 is 1.58 bits per heavy atom. The van der Waals surface area contributed by atoms with Gasteiger partial charge in [-0.3, -0.25) is 4.79 Å². The predicted octanol–water partition coefficient (Wildman–Crippen LogP) is -0.991. The van der Waals surface area contributed by atoms with E-state index in [2.05, 4.69) is 0 Å². The van der Waals surface area contributed by atoms with E-state index < -0.39 is 11.7 Å². The Kier molecular flexibility index (Phi) is 4.50. The molecule has 0 fully saturated rings. The van der Waals surface area contributed by atoms with E-state index in [0.29, 0.717) is 0 Å². The number of hydrogen-bond acceptors (Lipinski definition) is 4. The van der Waals surface area contributed by atoms with Gasteiger partial charge in [-0.05, 0) is 6.08 Å². The van der Waals surface area contributed by atoms with Gasteiger partial charge in [0.25, 0.3) is 0 Å². The molecule has 5 nitrogen and oxygen atoms in total. The van der Waals surface area contributed by atoms with Crippen LogP contribution in [0, 0.1) is 0 Å². The molecule has 5 heteroatoms. The van der Waals surface area contributed by atoms with Crippen LogP contribution in [-0.4, -0.2) is 37.6 Å². The third kappa shape index (κ3) is 3.00. The fourth-order valence-corrected chi connectivity index (χ4v) is 0.610. The zero-order chi connectivity index (χ0) is 9.61. The summed E-state index contributed by atoms with van der Waals surface area (Å²) in [6, 6.07) is 0. The van der Waals surface area contributed by atoms with Gasteiger partial charge in [0.15, 0.2) is 0 Å². The quantitative estimate of drug-likeness (QED) is 0.415. The molecule has 1 amide bonds. The van der Waals surface area contributed by atoms with E-state index in [9.17, 15) is 4.79 Å². The number of primary amides is 1. The summed E-state index contributed by atoms with van der Waals surface area (Å²) in [6.07, 6.45) is 2.33. The highest BCUT2D eigenvalue weighted by atomic mass is 16.7. The second-order valence-electron chi connectivity index (χ2n) is 2.11. The van der Waals surface area contributed by atoms with Crippen molar-refractivity contribution >= 4 is 5.91 Å². The van der Waals surface area contributed by atoms with Gasteiger partial charge in [-0.25, -0.2) is 0 Å². The maximum atomic E-state index is 10.3. The minimum Gasteiger partial charge on any atom is -0.390 e. The minimum atomic E-state index is -1.27. The van der Waals surface area contributed by atoms with Gasteiger partial charge in [-0.15, -0.1) is 0 Å². The fraction of sp³-hybridized carbons (Fsp3) is 0.571. The second kappa shape index (κ2) is 4.87. The number of nitrogens with two attached hydrogens (primary N) is 1. The summed E-state index contributed by atoms with van der Waals surface area (Å²) < 4.78 is 9.64. The number of rotatable bonds is 5. The minimum absolute atomic E-state index is 0.385. The van der Waals surface area contributed by atoms with Crippen molar-refractivity contribution in [3.63, 3.8) is 0 Å². The Hall–Kier alpha value is -0.910. The van der Waals surface area contributed by atoms with Gasteiger partial charge in [0.2, 0.25) is 11.7 Å². The van der Waals surface area contributed by atoms with Gasteiger partial charge in [0, 0.05) is 20.3 Å². The van der Waals surface area contributed by atoms with Crippen molar-refractivity contribution < 1.29 is 19.4 Å². The molecule has 0 saturated carbocycles. The molecule has 0 atom stereocenters. The molecule has 0 rings (SSSR count). The van der Waals surface area contributed by atoms with Crippen LogP contribution in [0.3, 0.4) is 0 Å². The lowest BCUT2D eigenvalue weighted by atomic mass is 10.2. The summed E-state index contributed by atoms with van der Waals surface area (Å²) in [7, 11) is 2.70. The van der Waals surface area contributed by atoms with Gasteiger partial charge in [0.05, 0.1) is 0 Å². The second-order valence-corrected chi connectivity index (χ2v) is 2.11. The molecule has 12 heavy (non-hydrogen) atoms. The molecule has 0 unspecified atom stereocenters. The third-order valence-electron chi connectivity index (χ3n) is 1.41. The summed E-state index contributed by atoms with van der Waals surface area (Å²) in [5, 5.41) is 8.84. The van der Waals surface area contributed by atoms with Crippen LogP contribution in [0.25, 0.3) is 0 Å². The average molecular weight is 175 g/mol. The lowest BCUT2D eigenvalue weighted by Gasteiger charge is -2.24. The van der Waals surface area contributed by atoms with Crippen molar-refractivity contribution in [3.05, 3.63) is 12.2 Å². The van der Waals surface area contributed by atoms with E-state index in [1.165, 1.54) is 20.3 Å². The van der Waals surface area contributed by atoms with Crippen LogP contribution in [0.5, 0.6) is 0 Å². The molecule has 0 aromatic carbocycles. The van der Waals surface area contributed by atoms with Crippen LogP contribution in [0.15, 0.2) is 12.2 Å². The Bertz CT molecular complexity index is 166. The molecule has 0 radical (unpaired) electrons. The summed E-state index contributed by atoms with van der Waals surface area (Å²) in [5.74, 6) is -1.89. The number of methoxy groups -OCH3 is 2. The van der Waals surface area contributed by atoms with Gasteiger partial charge in [-0.2, -0.15) is 0 Å². The molecule has 0 aliphatic rings. The van der Waals surface area contributed by atoms with Gasteiger partial charge < -0.3 is 20.3 Å². The van der Waals surface area contributed by atoms with Crippen molar-refractivity contribution in [1.29, 1.82) is 0 Å². The van der Waals surface area contributed by atoms with Crippen LogP contribution in [0.2, 0.25) is 0 Å². The van der Waals surface area contributed by atoms with Crippen molar-refractivity contribution in [1.82, 2.24) is 0 Å². The molecule has 0 aromatic heterocycles. The van der Waals surface area contributed by atoms with E-state index in [1.807, 2.05) is 0 Å². The molecule has 0 bridgehead atoms. The SMILES string of the molecule is COC(C=CC(N)=O)(CO)OC. The first-order chi connectivity index (χ1) is 5.60. The Morgan fingerprint density at radius 2 is 2.08 bits per heavy atom. The maximum absolute atomic E-state index is 10.3. The number of amides is 1. The van der Waals surface area contributed by atoms with Crippen LogP contribution in [-0.2, 0) is 14.3 Å².